The molecule has 2 heterocycles. The van der Waals surface area contributed by atoms with Gasteiger partial charge in [-0.1, -0.05) is 18.2 Å². The van der Waals surface area contributed by atoms with Crippen LogP contribution in [0.15, 0.2) is 41.4 Å². The van der Waals surface area contributed by atoms with E-state index in [1.165, 1.54) is 0 Å². The number of sulfonamides is 1. The minimum absolute atomic E-state index is 0.190. The molecule has 2 aromatic heterocycles. The van der Waals surface area contributed by atoms with E-state index in [0.717, 1.165) is 22.3 Å². The predicted molar refractivity (Wildman–Crippen MR) is 88.5 cm³/mol. The Morgan fingerprint density at radius 3 is 2.61 bits per heavy atom. The fraction of sp³-hybridized carbons (Fsp3) is 0.250. The number of nitrogens with zero attached hydrogens (tertiary/aromatic N) is 3. The zero-order valence-electron chi connectivity index (χ0n) is 13.2. The number of hydrogen-bond acceptors (Lipinski definition) is 4. The summed E-state index contributed by atoms with van der Waals surface area (Å²) in [6.07, 6.45) is 1.59. The van der Waals surface area contributed by atoms with E-state index in [2.05, 4.69) is 14.8 Å². The second-order valence-corrected chi connectivity index (χ2v) is 7.16. The Kier molecular flexibility index (Phi) is 3.91. The van der Waals surface area contributed by atoms with E-state index >= 15 is 0 Å². The SMILES string of the molecule is Cc1nn(C)c(C)c1CNS(=O)(=O)c1cccc2cccnc12. The maximum atomic E-state index is 12.7. The van der Waals surface area contributed by atoms with E-state index in [1.54, 1.807) is 29.1 Å². The van der Waals surface area contributed by atoms with Crippen LogP contribution in [0.5, 0.6) is 0 Å². The summed E-state index contributed by atoms with van der Waals surface area (Å²) in [5.41, 5.74) is 3.14. The van der Waals surface area contributed by atoms with Gasteiger partial charge in [-0.2, -0.15) is 5.10 Å². The lowest BCUT2D eigenvalue weighted by atomic mass is 10.2. The predicted octanol–water partition coefficient (Wildman–Crippen LogP) is 2.06. The van der Waals surface area contributed by atoms with Gasteiger partial charge in [-0.25, -0.2) is 13.1 Å². The molecule has 0 aliphatic heterocycles. The number of pyridine rings is 1. The third-order valence-electron chi connectivity index (χ3n) is 3.98. The summed E-state index contributed by atoms with van der Waals surface area (Å²) in [5, 5.41) is 5.10. The van der Waals surface area contributed by atoms with Gasteiger partial charge in [-0.05, 0) is 26.0 Å². The van der Waals surface area contributed by atoms with Crippen LogP contribution in [0.25, 0.3) is 10.9 Å². The number of nitrogens with one attached hydrogen (secondary N) is 1. The van der Waals surface area contributed by atoms with E-state index < -0.39 is 10.0 Å². The summed E-state index contributed by atoms with van der Waals surface area (Å²) in [6.45, 7) is 4.00. The van der Waals surface area contributed by atoms with Gasteiger partial charge in [0, 0.05) is 36.4 Å². The van der Waals surface area contributed by atoms with Crippen molar-refractivity contribution in [3.05, 3.63) is 53.5 Å². The summed E-state index contributed by atoms with van der Waals surface area (Å²) in [5.74, 6) is 0. The van der Waals surface area contributed by atoms with Crippen molar-refractivity contribution >= 4 is 20.9 Å². The first kappa shape index (κ1) is 15.6. The number of fused-ring (bicyclic) bond motifs is 1. The first-order valence-electron chi connectivity index (χ1n) is 7.22. The molecule has 0 spiro atoms. The minimum atomic E-state index is -3.66. The summed E-state index contributed by atoms with van der Waals surface area (Å²) >= 11 is 0. The lowest BCUT2D eigenvalue weighted by Crippen LogP contribution is -2.24. The van der Waals surface area contributed by atoms with E-state index in [9.17, 15) is 8.42 Å². The van der Waals surface area contributed by atoms with Crippen molar-refractivity contribution in [3.8, 4) is 0 Å². The van der Waals surface area contributed by atoms with Gasteiger partial charge in [0.25, 0.3) is 0 Å². The smallest absolute Gasteiger partial charge is 0.243 e. The van der Waals surface area contributed by atoms with Crippen LogP contribution >= 0.6 is 0 Å². The monoisotopic (exact) mass is 330 g/mol. The average molecular weight is 330 g/mol. The highest BCUT2D eigenvalue weighted by molar-refractivity contribution is 7.89. The molecule has 23 heavy (non-hydrogen) atoms. The lowest BCUT2D eigenvalue weighted by Gasteiger charge is -2.09. The van der Waals surface area contributed by atoms with Gasteiger partial charge in [0.15, 0.2) is 0 Å². The Morgan fingerprint density at radius 2 is 1.91 bits per heavy atom. The van der Waals surface area contributed by atoms with Crippen molar-refractivity contribution in [2.75, 3.05) is 0 Å². The number of rotatable bonds is 4. The molecular weight excluding hydrogens is 312 g/mol. The first-order valence-corrected chi connectivity index (χ1v) is 8.71. The second-order valence-electron chi connectivity index (χ2n) is 5.43. The van der Waals surface area contributed by atoms with Crippen LogP contribution in [-0.2, 0) is 23.6 Å². The fourth-order valence-electron chi connectivity index (χ4n) is 2.61. The van der Waals surface area contributed by atoms with Crippen LogP contribution in [0.3, 0.4) is 0 Å². The molecule has 3 rings (SSSR count). The van der Waals surface area contributed by atoms with Crippen LogP contribution in [0, 0.1) is 13.8 Å². The molecule has 0 saturated heterocycles. The molecule has 0 aliphatic carbocycles. The topological polar surface area (TPSA) is 76.9 Å². The largest absolute Gasteiger partial charge is 0.272 e. The zero-order valence-corrected chi connectivity index (χ0v) is 14.1. The van der Waals surface area contributed by atoms with Crippen LogP contribution in [0.4, 0.5) is 0 Å². The highest BCUT2D eigenvalue weighted by Gasteiger charge is 2.19. The van der Waals surface area contributed by atoms with Gasteiger partial charge in [0.2, 0.25) is 10.0 Å². The molecule has 120 valence electrons. The third-order valence-corrected chi connectivity index (χ3v) is 5.42. The Bertz CT molecular complexity index is 972. The van der Waals surface area contributed by atoms with Crippen LogP contribution in [0.2, 0.25) is 0 Å². The quantitative estimate of drug-likeness (QED) is 0.794. The Morgan fingerprint density at radius 1 is 1.17 bits per heavy atom. The Balaban J connectivity index is 1.95. The summed E-state index contributed by atoms with van der Waals surface area (Å²) < 4.78 is 29.7. The fourth-order valence-corrected chi connectivity index (χ4v) is 3.78. The van der Waals surface area contributed by atoms with Crippen LogP contribution < -0.4 is 4.72 Å². The third kappa shape index (κ3) is 2.85. The normalized spacial score (nSPS) is 12.0. The molecule has 6 nitrogen and oxygen atoms in total. The summed E-state index contributed by atoms with van der Waals surface area (Å²) in [6, 6.07) is 8.77. The second kappa shape index (κ2) is 5.75. The standard InChI is InChI=1S/C16H18N4O2S/c1-11-14(12(2)20(3)19-11)10-18-23(21,22)15-8-4-6-13-7-5-9-17-16(13)15/h4-9,18H,10H2,1-3H3. The molecule has 0 atom stereocenters. The maximum absolute atomic E-state index is 12.7. The molecule has 0 aliphatic rings. The number of aromatic nitrogens is 3. The van der Waals surface area contributed by atoms with Crippen molar-refractivity contribution in [2.45, 2.75) is 25.3 Å². The van der Waals surface area contributed by atoms with Crippen molar-refractivity contribution in [3.63, 3.8) is 0 Å². The zero-order chi connectivity index (χ0) is 16.6. The van der Waals surface area contributed by atoms with E-state index in [4.69, 9.17) is 0 Å². The van der Waals surface area contributed by atoms with Gasteiger partial charge in [-0.15, -0.1) is 0 Å². The van der Waals surface area contributed by atoms with E-state index in [0.29, 0.717) is 5.52 Å². The van der Waals surface area contributed by atoms with Gasteiger partial charge in [0.1, 0.15) is 4.90 Å². The number of para-hydroxylation sites is 1. The molecule has 0 radical (unpaired) electrons. The number of hydrogen-bond donors (Lipinski definition) is 1. The highest BCUT2D eigenvalue weighted by atomic mass is 32.2. The van der Waals surface area contributed by atoms with Gasteiger partial charge in [0.05, 0.1) is 11.2 Å². The van der Waals surface area contributed by atoms with Gasteiger partial charge >= 0.3 is 0 Å². The number of aryl methyl sites for hydroxylation is 2. The van der Waals surface area contributed by atoms with Crippen molar-refractivity contribution in [2.24, 2.45) is 7.05 Å². The van der Waals surface area contributed by atoms with E-state index in [-0.39, 0.29) is 11.4 Å². The molecule has 1 aromatic carbocycles. The molecule has 1 N–H and O–H groups in total. The lowest BCUT2D eigenvalue weighted by molar-refractivity contribution is 0.581. The van der Waals surface area contributed by atoms with Crippen LogP contribution in [-0.4, -0.2) is 23.2 Å². The molecule has 3 aromatic rings. The van der Waals surface area contributed by atoms with Crippen molar-refractivity contribution in [1.29, 1.82) is 0 Å². The molecule has 0 saturated carbocycles. The maximum Gasteiger partial charge on any atom is 0.243 e. The van der Waals surface area contributed by atoms with Crippen molar-refractivity contribution in [1.82, 2.24) is 19.5 Å². The molecular formula is C16H18N4O2S. The minimum Gasteiger partial charge on any atom is -0.272 e. The molecule has 0 bridgehead atoms. The summed E-state index contributed by atoms with van der Waals surface area (Å²) in [7, 11) is -1.82. The number of benzene rings is 1. The van der Waals surface area contributed by atoms with Crippen LogP contribution in [0.1, 0.15) is 17.0 Å². The van der Waals surface area contributed by atoms with Gasteiger partial charge < -0.3 is 0 Å². The van der Waals surface area contributed by atoms with E-state index in [1.807, 2.05) is 33.0 Å². The van der Waals surface area contributed by atoms with Crippen molar-refractivity contribution < 1.29 is 8.42 Å². The first-order chi connectivity index (χ1) is 10.9. The molecule has 0 unspecified atom stereocenters. The van der Waals surface area contributed by atoms with Gasteiger partial charge in [-0.3, -0.25) is 9.67 Å². The summed E-state index contributed by atoms with van der Waals surface area (Å²) in [4.78, 5) is 4.40. The molecule has 0 amide bonds. The Hall–Kier alpha value is -2.25. The Labute approximate surface area is 135 Å². The molecule has 7 heteroatoms. The molecule has 0 fully saturated rings. The average Bonchev–Trinajstić information content (AvgIpc) is 2.77. The highest BCUT2D eigenvalue weighted by Crippen LogP contribution is 2.21.